The Hall–Kier alpha value is -2.42. The summed E-state index contributed by atoms with van der Waals surface area (Å²) in [6.45, 7) is 2.18. The summed E-state index contributed by atoms with van der Waals surface area (Å²) < 4.78 is 32.7. The number of hydrogen-bond acceptors (Lipinski definition) is 4. The van der Waals surface area contributed by atoms with Gasteiger partial charge < -0.3 is 15.4 Å². The van der Waals surface area contributed by atoms with Crippen LogP contribution in [0, 0.1) is 0 Å². The van der Waals surface area contributed by atoms with Crippen molar-refractivity contribution in [3.05, 3.63) is 65.7 Å². The van der Waals surface area contributed by atoms with Crippen LogP contribution in [-0.4, -0.2) is 51.6 Å². The molecule has 7 nitrogen and oxygen atoms in total. The number of carbonyl (C=O) groups excluding carboxylic acids is 1. The monoisotopic (exact) mass is 429 g/mol. The first-order valence-corrected chi connectivity index (χ1v) is 11.7. The van der Waals surface area contributed by atoms with Crippen LogP contribution in [0.25, 0.3) is 0 Å². The van der Waals surface area contributed by atoms with E-state index in [-0.39, 0.29) is 22.9 Å². The second-order valence-corrected chi connectivity index (χ2v) is 9.71. The number of ether oxygens (including phenoxy) is 1. The van der Waals surface area contributed by atoms with Gasteiger partial charge in [0.1, 0.15) is 0 Å². The molecule has 0 radical (unpaired) electrons. The minimum absolute atomic E-state index is 0.0240. The number of morpholine rings is 1. The molecule has 160 valence electrons. The Morgan fingerprint density at radius 3 is 2.33 bits per heavy atom. The number of urea groups is 1. The van der Waals surface area contributed by atoms with Gasteiger partial charge in [-0.05, 0) is 30.0 Å². The third-order valence-corrected chi connectivity index (χ3v) is 7.83. The number of sulfonamides is 1. The standard InChI is InChI=1S/C22H27N3O4S/c26-21(24-17-22(10-11-22)19-7-2-1-3-8-19)23-16-18-6-4-5-9-20(18)30(27,28)25-12-14-29-15-13-25/h1-9H,10-17H2,(H2,23,24,26). The van der Waals surface area contributed by atoms with E-state index < -0.39 is 10.0 Å². The van der Waals surface area contributed by atoms with Crippen molar-refractivity contribution in [3.63, 3.8) is 0 Å². The molecule has 2 fully saturated rings. The largest absolute Gasteiger partial charge is 0.379 e. The zero-order valence-electron chi connectivity index (χ0n) is 16.8. The van der Waals surface area contributed by atoms with Crippen LogP contribution in [0.2, 0.25) is 0 Å². The summed E-state index contributed by atoms with van der Waals surface area (Å²) in [6.07, 6.45) is 2.11. The van der Waals surface area contributed by atoms with Gasteiger partial charge in [0.05, 0.1) is 18.1 Å². The average molecular weight is 430 g/mol. The molecule has 1 saturated heterocycles. The molecule has 4 rings (SSSR count). The van der Waals surface area contributed by atoms with Crippen molar-refractivity contribution < 1.29 is 17.9 Å². The van der Waals surface area contributed by atoms with Crippen molar-refractivity contribution in [2.45, 2.75) is 29.7 Å². The molecule has 1 heterocycles. The molecule has 2 N–H and O–H groups in total. The molecule has 2 aromatic rings. The molecular weight excluding hydrogens is 402 g/mol. The highest BCUT2D eigenvalue weighted by atomic mass is 32.2. The Morgan fingerprint density at radius 2 is 1.63 bits per heavy atom. The van der Waals surface area contributed by atoms with Gasteiger partial charge in [-0.3, -0.25) is 0 Å². The van der Waals surface area contributed by atoms with Crippen molar-refractivity contribution in [3.8, 4) is 0 Å². The second-order valence-electron chi connectivity index (χ2n) is 7.81. The van der Waals surface area contributed by atoms with Gasteiger partial charge in [-0.15, -0.1) is 0 Å². The maximum atomic E-state index is 13.0. The van der Waals surface area contributed by atoms with E-state index in [2.05, 4.69) is 22.8 Å². The fourth-order valence-electron chi connectivity index (χ4n) is 3.83. The van der Waals surface area contributed by atoms with Crippen LogP contribution in [0.3, 0.4) is 0 Å². The summed E-state index contributed by atoms with van der Waals surface area (Å²) in [6, 6.07) is 16.7. The highest BCUT2D eigenvalue weighted by Crippen LogP contribution is 2.47. The molecule has 0 spiro atoms. The molecule has 0 unspecified atom stereocenters. The van der Waals surface area contributed by atoms with Crippen LogP contribution in [-0.2, 0) is 26.7 Å². The molecular formula is C22H27N3O4S. The van der Waals surface area contributed by atoms with Crippen LogP contribution in [0.1, 0.15) is 24.0 Å². The third-order valence-electron chi connectivity index (χ3n) is 5.83. The Morgan fingerprint density at radius 1 is 0.967 bits per heavy atom. The van der Waals surface area contributed by atoms with E-state index in [1.54, 1.807) is 24.3 Å². The maximum Gasteiger partial charge on any atom is 0.315 e. The molecule has 8 heteroatoms. The van der Waals surface area contributed by atoms with Gasteiger partial charge in [-0.25, -0.2) is 13.2 Å². The summed E-state index contributed by atoms with van der Waals surface area (Å²) in [7, 11) is -3.62. The second kappa shape index (κ2) is 8.75. The van der Waals surface area contributed by atoms with E-state index in [0.717, 1.165) is 12.8 Å². The lowest BCUT2D eigenvalue weighted by molar-refractivity contribution is 0.0730. The van der Waals surface area contributed by atoms with Gasteiger partial charge in [0.25, 0.3) is 0 Å². The minimum atomic E-state index is -3.62. The molecule has 0 bridgehead atoms. The zero-order chi connectivity index (χ0) is 21.0. The van der Waals surface area contributed by atoms with Crippen LogP contribution in [0.15, 0.2) is 59.5 Å². The number of benzene rings is 2. The van der Waals surface area contributed by atoms with Crippen molar-refractivity contribution in [2.75, 3.05) is 32.8 Å². The fourth-order valence-corrected chi connectivity index (χ4v) is 5.46. The first-order valence-electron chi connectivity index (χ1n) is 10.2. The zero-order valence-corrected chi connectivity index (χ0v) is 17.7. The SMILES string of the molecule is O=C(NCc1ccccc1S(=O)(=O)N1CCOCC1)NCC1(c2ccccc2)CC1. The molecule has 0 aromatic heterocycles. The van der Waals surface area contributed by atoms with Gasteiger partial charge in [-0.1, -0.05) is 48.5 Å². The van der Waals surface area contributed by atoms with Crippen molar-refractivity contribution in [1.82, 2.24) is 14.9 Å². The van der Waals surface area contributed by atoms with Gasteiger partial charge in [0.2, 0.25) is 10.0 Å². The van der Waals surface area contributed by atoms with E-state index in [1.165, 1.54) is 9.87 Å². The highest BCUT2D eigenvalue weighted by Gasteiger charge is 2.44. The van der Waals surface area contributed by atoms with Crippen molar-refractivity contribution >= 4 is 16.1 Å². The summed E-state index contributed by atoms with van der Waals surface area (Å²) in [4.78, 5) is 12.6. The summed E-state index contributed by atoms with van der Waals surface area (Å²) in [5.74, 6) is 0. The molecule has 1 saturated carbocycles. The van der Waals surface area contributed by atoms with E-state index in [9.17, 15) is 13.2 Å². The predicted molar refractivity (Wildman–Crippen MR) is 114 cm³/mol. The summed E-state index contributed by atoms with van der Waals surface area (Å²) >= 11 is 0. The van der Waals surface area contributed by atoms with Crippen LogP contribution in [0.4, 0.5) is 4.79 Å². The summed E-state index contributed by atoms with van der Waals surface area (Å²) in [5, 5.41) is 5.76. The molecule has 0 atom stereocenters. The van der Waals surface area contributed by atoms with Gasteiger partial charge >= 0.3 is 6.03 Å². The fraction of sp³-hybridized carbons (Fsp3) is 0.409. The van der Waals surface area contributed by atoms with Crippen molar-refractivity contribution in [2.24, 2.45) is 0 Å². The van der Waals surface area contributed by atoms with E-state index in [0.29, 0.717) is 38.4 Å². The third kappa shape index (κ3) is 4.50. The smallest absolute Gasteiger partial charge is 0.315 e. The average Bonchev–Trinajstić information content (AvgIpc) is 3.59. The van der Waals surface area contributed by atoms with E-state index >= 15 is 0 Å². The highest BCUT2D eigenvalue weighted by molar-refractivity contribution is 7.89. The number of hydrogen-bond donors (Lipinski definition) is 2. The van der Waals surface area contributed by atoms with Gasteiger partial charge in [0, 0.05) is 31.6 Å². The molecule has 30 heavy (non-hydrogen) atoms. The Kier molecular flexibility index (Phi) is 6.08. The maximum absolute atomic E-state index is 13.0. The molecule has 1 aliphatic carbocycles. The first kappa shape index (κ1) is 20.8. The minimum Gasteiger partial charge on any atom is -0.379 e. The Balaban J connectivity index is 1.37. The first-order chi connectivity index (χ1) is 14.5. The molecule has 2 aromatic carbocycles. The lowest BCUT2D eigenvalue weighted by Gasteiger charge is -2.27. The van der Waals surface area contributed by atoms with Crippen molar-refractivity contribution in [1.29, 1.82) is 0 Å². The molecule has 2 amide bonds. The normalized spacial score (nSPS) is 18.5. The predicted octanol–water partition coefficient (Wildman–Crippen LogP) is 2.24. The van der Waals surface area contributed by atoms with E-state index in [4.69, 9.17) is 4.74 Å². The van der Waals surface area contributed by atoms with Crippen LogP contribution >= 0.6 is 0 Å². The van der Waals surface area contributed by atoms with Gasteiger partial charge in [-0.2, -0.15) is 4.31 Å². The number of carbonyl (C=O) groups is 1. The lowest BCUT2D eigenvalue weighted by atomic mass is 9.96. The quantitative estimate of drug-likeness (QED) is 0.707. The summed E-state index contributed by atoms with van der Waals surface area (Å²) in [5.41, 5.74) is 1.84. The number of nitrogens with one attached hydrogen (secondary N) is 2. The number of amides is 2. The van der Waals surface area contributed by atoms with Gasteiger partial charge in [0.15, 0.2) is 0 Å². The Labute approximate surface area is 177 Å². The topological polar surface area (TPSA) is 87.7 Å². The molecule has 2 aliphatic rings. The van der Waals surface area contributed by atoms with Crippen LogP contribution < -0.4 is 10.6 Å². The van der Waals surface area contributed by atoms with Crippen LogP contribution in [0.5, 0.6) is 0 Å². The van der Waals surface area contributed by atoms with E-state index in [1.807, 2.05) is 18.2 Å². The number of nitrogens with zero attached hydrogens (tertiary/aromatic N) is 1. The molecule has 1 aliphatic heterocycles. The number of rotatable bonds is 7. The Bertz CT molecular complexity index is 984. The lowest BCUT2D eigenvalue weighted by Crippen LogP contribution is -2.41.